The lowest BCUT2D eigenvalue weighted by molar-refractivity contribution is 0.132. The Labute approximate surface area is 148 Å². The molecular weight excluding hydrogens is 320 g/mol. The zero-order valence-electron chi connectivity index (χ0n) is 14.6. The first-order chi connectivity index (χ1) is 12.0. The summed E-state index contributed by atoms with van der Waals surface area (Å²) in [6.07, 6.45) is 3.24. The Balaban J connectivity index is 1.49. The number of benzene rings is 1. The molecule has 25 heavy (non-hydrogen) atoms. The highest BCUT2D eigenvalue weighted by Gasteiger charge is 2.25. The van der Waals surface area contributed by atoms with Gasteiger partial charge in [0, 0.05) is 44.1 Å². The molecule has 1 heterocycles. The number of carbonyl (C=O) groups is 2. The van der Waals surface area contributed by atoms with E-state index in [0.717, 1.165) is 30.8 Å². The lowest BCUT2D eigenvalue weighted by atomic mass is 10.0. The molecule has 1 aromatic carbocycles. The molecule has 3 N–H and O–H groups in total. The number of carboxylic acid groups (broad SMARTS) is 1. The fourth-order valence-corrected chi connectivity index (χ4v) is 3.17. The van der Waals surface area contributed by atoms with Gasteiger partial charge >= 0.3 is 12.1 Å². The maximum atomic E-state index is 11.8. The van der Waals surface area contributed by atoms with Gasteiger partial charge in [-0.3, -0.25) is 0 Å². The molecule has 1 aliphatic carbocycles. The summed E-state index contributed by atoms with van der Waals surface area (Å²) < 4.78 is 0. The van der Waals surface area contributed by atoms with E-state index in [2.05, 4.69) is 15.5 Å². The van der Waals surface area contributed by atoms with Crippen molar-refractivity contribution in [3.8, 4) is 0 Å². The predicted octanol–water partition coefficient (Wildman–Crippen LogP) is 2.80. The van der Waals surface area contributed by atoms with E-state index in [1.807, 2.05) is 31.3 Å². The van der Waals surface area contributed by atoms with Crippen LogP contribution in [0.4, 0.5) is 21.0 Å². The van der Waals surface area contributed by atoms with Gasteiger partial charge in [-0.15, -0.1) is 0 Å². The van der Waals surface area contributed by atoms with Crippen molar-refractivity contribution in [3.63, 3.8) is 0 Å². The minimum absolute atomic E-state index is 0.158. The van der Waals surface area contributed by atoms with Crippen molar-refractivity contribution in [2.24, 2.45) is 5.92 Å². The zero-order valence-corrected chi connectivity index (χ0v) is 14.6. The van der Waals surface area contributed by atoms with E-state index in [1.165, 1.54) is 17.7 Å². The van der Waals surface area contributed by atoms with Crippen LogP contribution in [0, 0.1) is 5.92 Å². The van der Waals surface area contributed by atoms with Crippen molar-refractivity contribution in [2.45, 2.75) is 31.7 Å². The van der Waals surface area contributed by atoms with Gasteiger partial charge in [0.1, 0.15) is 0 Å². The second-order valence-electron chi connectivity index (χ2n) is 6.94. The molecule has 3 rings (SSSR count). The van der Waals surface area contributed by atoms with Crippen LogP contribution in [0.2, 0.25) is 0 Å². The van der Waals surface area contributed by atoms with E-state index in [0.29, 0.717) is 25.0 Å². The molecule has 0 aromatic heterocycles. The third-order valence-electron chi connectivity index (χ3n) is 5.06. The van der Waals surface area contributed by atoms with Crippen molar-refractivity contribution in [2.75, 3.05) is 36.9 Å². The number of carbonyl (C=O) groups excluding carboxylic acids is 1. The van der Waals surface area contributed by atoms with Gasteiger partial charge in [0.05, 0.1) is 0 Å². The number of rotatable bonds is 5. The number of piperidine rings is 1. The van der Waals surface area contributed by atoms with Crippen molar-refractivity contribution in [1.29, 1.82) is 0 Å². The standard InChI is InChI=1S/C18H26N4O3/c1-21(16-8-10-22(11-9-16)18(24)25)15-6-4-14(5-7-15)20-17(23)19-12-13-2-3-13/h4-7,13,16H,2-3,8-12H2,1H3,(H,24,25)(H2,19,20,23). The van der Waals surface area contributed by atoms with Gasteiger partial charge in [0.2, 0.25) is 0 Å². The average molecular weight is 346 g/mol. The molecule has 0 unspecified atom stereocenters. The van der Waals surface area contributed by atoms with E-state index in [4.69, 9.17) is 5.11 Å². The van der Waals surface area contributed by atoms with Crippen LogP contribution < -0.4 is 15.5 Å². The SMILES string of the molecule is CN(c1ccc(NC(=O)NCC2CC2)cc1)C1CCN(C(=O)O)CC1. The molecule has 7 nitrogen and oxygen atoms in total. The van der Waals surface area contributed by atoms with Crippen molar-refractivity contribution < 1.29 is 14.7 Å². The topological polar surface area (TPSA) is 84.9 Å². The first-order valence-electron chi connectivity index (χ1n) is 8.88. The summed E-state index contributed by atoms with van der Waals surface area (Å²) in [5, 5.41) is 14.8. The van der Waals surface area contributed by atoms with Crippen LogP contribution in [0.15, 0.2) is 24.3 Å². The maximum absolute atomic E-state index is 11.8. The highest BCUT2D eigenvalue weighted by atomic mass is 16.4. The summed E-state index contributed by atoms with van der Waals surface area (Å²) in [5.41, 5.74) is 1.84. The van der Waals surface area contributed by atoms with Gasteiger partial charge in [-0.05, 0) is 55.9 Å². The molecule has 1 saturated heterocycles. The Morgan fingerprint density at radius 2 is 1.80 bits per heavy atom. The first kappa shape index (κ1) is 17.4. The van der Waals surface area contributed by atoms with Crippen molar-refractivity contribution >= 4 is 23.5 Å². The third kappa shape index (κ3) is 4.78. The maximum Gasteiger partial charge on any atom is 0.407 e. The van der Waals surface area contributed by atoms with Gasteiger partial charge in [0.15, 0.2) is 0 Å². The Hall–Kier alpha value is -2.44. The molecule has 0 radical (unpaired) electrons. The molecule has 0 bridgehead atoms. The van der Waals surface area contributed by atoms with E-state index < -0.39 is 6.09 Å². The van der Waals surface area contributed by atoms with E-state index in [-0.39, 0.29) is 6.03 Å². The number of nitrogens with one attached hydrogen (secondary N) is 2. The lowest BCUT2D eigenvalue weighted by Gasteiger charge is -2.36. The second kappa shape index (κ2) is 7.63. The highest BCUT2D eigenvalue weighted by molar-refractivity contribution is 5.89. The fraction of sp³-hybridized carbons (Fsp3) is 0.556. The zero-order chi connectivity index (χ0) is 17.8. The summed E-state index contributed by atoms with van der Waals surface area (Å²) in [6.45, 7) is 1.90. The van der Waals surface area contributed by atoms with Gasteiger partial charge in [-0.2, -0.15) is 0 Å². The summed E-state index contributed by atoms with van der Waals surface area (Å²) in [6, 6.07) is 7.94. The van der Waals surface area contributed by atoms with E-state index >= 15 is 0 Å². The minimum Gasteiger partial charge on any atom is -0.465 e. The molecule has 1 aliphatic heterocycles. The number of amides is 3. The summed E-state index contributed by atoms with van der Waals surface area (Å²) in [4.78, 5) is 26.5. The van der Waals surface area contributed by atoms with Crippen LogP contribution >= 0.6 is 0 Å². The third-order valence-corrected chi connectivity index (χ3v) is 5.06. The van der Waals surface area contributed by atoms with Crippen LogP contribution in [0.5, 0.6) is 0 Å². The van der Waals surface area contributed by atoms with Gasteiger partial charge in [-0.1, -0.05) is 0 Å². The predicted molar refractivity (Wildman–Crippen MR) is 97.2 cm³/mol. The monoisotopic (exact) mass is 346 g/mol. The van der Waals surface area contributed by atoms with Gasteiger partial charge in [0.25, 0.3) is 0 Å². The number of hydrogen-bond acceptors (Lipinski definition) is 3. The number of urea groups is 1. The van der Waals surface area contributed by atoms with E-state index in [9.17, 15) is 9.59 Å². The Bertz CT molecular complexity index is 607. The van der Waals surface area contributed by atoms with Crippen LogP contribution in [0.25, 0.3) is 0 Å². The van der Waals surface area contributed by atoms with Gasteiger partial charge in [-0.25, -0.2) is 9.59 Å². The minimum atomic E-state index is -0.837. The number of hydrogen-bond donors (Lipinski definition) is 3. The van der Waals surface area contributed by atoms with Gasteiger partial charge < -0.3 is 25.5 Å². The molecule has 3 amide bonds. The largest absolute Gasteiger partial charge is 0.465 e. The first-order valence-corrected chi connectivity index (χ1v) is 8.88. The summed E-state index contributed by atoms with van der Waals surface area (Å²) >= 11 is 0. The molecule has 2 aliphatic rings. The van der Waals surface area contributed by atoms with Crippen LogP contribution in [-0.2, 0) is 0 Å². The number of nitrogens with zero attached hydrogens (tertiary/aromatic N) is 2. The Morgan fingerprint density at radius 3 is 2.36 bits per heavy atom. The van der Waals surface area contributed by atoms with Crippen LogP contribution in [0.3, 0.4) is 0 Å². The normalized spacial score (nSPS) is 17.9. The quantitative estimate of drug-likeness (QED) is 0.765. The van der Waals surface area contributed by atoms with Crippen molar-refractivity contribution in [1.82, 2.24) is 10.2 Å². The molecule has 2 fully saturated rings. The Kier molecular flexibility index (Phi) is 5.31. The fourth-order valence-electron chi connectivity index (χ4n) is 3.17. The molecule has 1 saturated carbocycles. The summed E-state index contributed by atoms with van der Waals surface area (Å²) in [7, 11) is 2.03. The van der Waals surface area contributed by atoms with E-state index in [1.54, 1.807) is 0 Å². The Morgan fingerprint density at radius 1 is 1.16 bits per heavy atom. The highest BCUT2D eigenvalue weighted by Crippen LogP contribution is 2.27. The molecule has 0 atom stereocenters. The summed E-state index contributed by atoms with van der Waals surface area (Å²) in [5.74, 6) is 0.661. The second-order valence-corrected chi connectivity index (χ2v) is 6.94. The number of anilines is 2. The van der Waals surface area contributed by atoms with Crippen molar-refractivity contribution in [3.05, 3.63) is 24.3 Å². The number of likely N-dealkylation sites (tertiary alicyclic amines) is 1. The average Bonchev–Trinajstić information content (AvgIpc) is 3.44. The molecule has 1 aromatic rings. The molecular formula is C18H26N4O3. The van der Waals surface area contributed by atoms with Crippen LogP contribution in [0.1, 0.15) is 25.7 Å². The lowest BCUT2D eigenvalue weighted by Crippen LogP contribution is -2.45. The molecule has 136 valence electrons. The molecule has 7 heteroatoms. The van der Waals surface area contributed by atoms with Crippen LogP contribution in [-0.4, -0.2) is 54.9 Å². The molecule has 0 spiro atoms. The smallest absolute Gasteiger partial charge is 0.407 e.